The van der Waals surface area contributed by atoms with Crippen LogP contribution in [-0.4, -0.2) is 39.9 Å². The first kappa shape index (κ1) is 71.0. The van der Waals surface area contributed by atoms with Gasteiger partial charge in [-0.25, -0.2) is 29.9 Å². The molecular formula is C88H98N8. The van der Waals surface area contributed by atoms with Crippen LogP contribution in [0.1, 0.15) is 305 Å². The van der Waals surface area contributed by atoms with Crippen molar-refractivity contribution in [2.75, 3.05) is 0 Å². The van der Waals surface area contributed by atoms with Gasteiger partial charge < -0.3 is 9.97 Å². The first-order valence-corrected chi connectivity index (χ1v) is 36.8. The summed E-state index contributed by atoms with van der Waals surface area (Å²) in [6.07, 6.45) is 32.7. The SMILES string of the molecule is CCCCCC#Cc1cc2c(cc1C#CCCCCC)-c1nc-2nc2[nH]c(nc3nc(nc4[nH]c(n1)c1cc(C#CCCCCC)c(C#CCCCCC)cc41)-c1cc(C#CCCCCC)c(C#CCCCCC)cc1-3)c1cc(C#CCCCCC)c(C#CCCCCC)cc21. The van der Waals surface area contributed by atoms with Crippen LogP contribution in [0.25, 0.3) is 89.7 Å². The molecule has 490 valence electrons. The van der Waals surface area contributed by atoms with E-state index >= 15 is 0 Å². The summed E-state index contributed by atoms with van der Waals surface area (Å²) in [4.78, 5) is 40.9. The Morgan fingerprint density at radius 3 is 0.552 bits per heavy atom. The van der Waals surface area contributed by atoms with E-state index in [4.69, 9.17) is 29.9 Å². The van der Waals surface area contributed by atoms with Crippen molar-refractivity contribution in [3.8, 4) is 140 Å². The van der Waals surface area contributed by atoms with Gasteiger partial charge in [0.15, 0.2) is 23.3 Å². The van der Waals surface area contributed by atoms with Crippen molar-refractivity contribution >= 4 is 44.1 Å². The molecule has 2 aliphatic rings. The van der Waals surface area contributed by atoms with E-state index in [0.717, 1.165) is 294 Å². The fourth-order valence-electron chi connectivity index (χ4n) is 11.8. The molecule has 96 heavy (non-hydrogen) atoms. The third kappa shape index (κ3) is 19.5. The fraction of sp³-hybridized carbons (Fsp3) is 0.455. The molecule has 0 fully saturated rings. The number of hydrogen-bond acceptors (Lipinski definition) is 6. The molecule has 0 saturated heterocycles. The van der Waals surface area contributed by atoms with Crippen molar-refractivity contribution in [3.05, 3.63) is 93.0 Å². The summed E-state index contributed by atoms with van der Waals surface area (Å²) in [5.41, 5.74) is 12.3. The minimum absolute atomic E-state index is 0.485. The maximum absolute atomic E-state index is 5.61. The minimum Gasteiger partial charge on any atom is -0.324 e. The number of benzene rings is 4. The van der Waals surface area contributed by atoms with Crippen molar-refractivity contribution in [2.45, 2.75) is 261 Å². The van der Waals surface area contributed by atoms with Gasteiger partial charge in [-0.15, -0.1) is 0 Å². The van der Waals surface area contributed by atoms with Crippen LogP contribution in [0.2, 0.25) is 0 Å². The minimum atomic E-state index is 0.485. The Kier molecular flexibility index (Phi) is 28.3. The van der Waals surface area contributed by atoms with Crippen LogP contribution in [-0.2, 0) is 0 Å². The molecule has 8 nitrogen and oxygen atoms in total. The molecule has 0 amide bonds. The first-order valence-electron chi connectivity index (χ1n) is 36.8. The lowest BCUT2D eigenvalue weighted by Gasteiger charge is -2.04. The second-order valence-electron chi connectivity index (χ2n) is 25.5. The van der Waals surface area contributed by atoms with E-state index in [1.54, 1.807) is 0 Å². The van der Waals surface area contributed by atoms with E-state index in [-0.39, 0.29) is 0 Å². The Labute approximate surface area is 575 Å². The van der Waals surface area contributed by atoms with E-state index in [2.05, 4.69) is 209 Å². The number of aromatic nitrogens is 8. The summed E-state index contributed by atoms with van der Waals surface area (Å²) in [7, 11) is 0. The molecule has 0 spiro atoms. The number of fused-ring (bicyclic) bond motifs is 20. The number of nitrogens with one attached hydrogen (secondary N) is 2. The molecule has 0 aliphatic carbocycles. The number of hydrogen-bond donors (Lipinski definition) is 2. The second kappa shape index (κ2) is 38.3. The number of H-pyrrole nitrogens is 2. The standard InChI is InChI=1S/C88H98N8/c1-9-17-25-33-41-49-65-57-73-74(58-66(65)50-42-34-26-18-10-2)82-89-81(73)93-83-75-59-67(51-43-35-27-19-11-3)68(52-44-36-28-20-12-4)60-76(75)85(90-83)95-87-79-63-71(55-47-39-31-23-15-7)72(56-48-40-32-24-16-8)64-80(79)88(92-87)96-86-78-62-70(54-46-38-30-22-14-6)69(53-45-37-29-21-13-5)61-77(78)84(91-86)94-82/h57-64H,9-40H2,1-8H3,(H2,89,90,91,92,93,94,95,96). The van der Waals surface area contributed by atoms with Crippen LogP contribution in [0.4, 0.5) is 0 Å². The molecule has 0 saturated carbocycles. The van der Waals surface area contributed by atoms with E-state index in [1.807, 2.05) is 0 Å². The molecular weight excluding hydrogens is 1170 g/mol. The Morgan fingerprint density at radius 1 is 0.219 bits per heavy atom. The van der Waals surface area contributed by atoms with Gasteiger partial charge >= 0.3 is 0 Å². The topological polar surface area (TPSA) is 109 Å². The fourth-order valence-corrected chi connectivity index (χ4v) is 11.8. The van der Waals surface area contributed by atoms with Crippen LogP contribution in [0.5, 0.6) is 0 Å². The maximum Gasteiger partial charge on any atom is 0.164 e. The average molecular weight is 1270 g/mol. The Balaban J connectivity index is 1.45. The predicted octanol–water partition coefficient (Wildman–Crippen LogP) is 22.3. The zero-order chi connectivity index (χ0) is 67.1. The zero-order valence-corrected chi connectivity index (χ0v) is 58.9. The molecule has 9 rings (SSSR count). The van der Waals surface area contributed by atoms with Crippen molar-refractivity contribution in [2.24, 2.45) is 0 Å². The molecule has 2 N–H and O–H groups in total. The van der Waals surface area contributed by atoms with Crippen LogP contribution in [0.15, 0.2) is 48.5 Å². The summed E-state index contributed by atoms with van der Waals surface area (Å²) in [6.45, 7) is 17.8. The average Bonchev–Trinajstić information content (AvgIpc) is 1.60. The number of aromatic amines is 2. The lowest BCUT2D eigenvalue weighted by molar-refractivity contribution is 0.737. The molecule has 2 aliphatic heterocycles. The summed E-state index contributed by atoms with van der Waals surface area (Å²) in [5.74, 6) is 58.9. The third-order valence-electron chi connectivity index (χ3n) is 17.4. The number of unbranched alkanes of at least 4 members (excludes halogenated alkanes) is 24. The number of nitrogens with zero attached hydrogens (tertiary/aromatic N) is 6. The van der Waals surface area contributed by atoms with E-state index < -0.39 is 0 Å². The lowest BCUT2D eigenvalue weighted by Crippen LogP contribution is -1.90. The van der Waals surface area contributed by atoms with Crippen LogP contribution >= 0.6 is 0 Å². The van der Waals surface area contributed by atoms with Crippen LogP contribution in [0.3, 0.4) is 0 Å². The molecule has 0 atom stereocenters. The highest BCUT2D eigenvalue weighted by Gasteiger charge is 2.26. The normalized spacial score (nSPS) is 10.8. The molecule has 8 bridgehead atoms. The van der Waals surface area contributed by atoms with Gasteiger partial charge in [-0.1, -0.05) is 253 Å². The van der Waals surface area contributed by atoms with E-state index in [0.29, 0.717) is 45.9 Å². The van der Waals surface area contributed by atoms with Gasteiger partial charge in [-0.05, 0) is 99.9 Å². The van der Waals surface area contributed by atoms with Crippen molar-refractivity contribution in [3.63, 3.8) is 0 Å². The Hall–Kier alpha value is -9.28. The molecule has 5 heterocycles. The lowest BCUT2D eigenvalue weighted by atomic mass is 9.98. The van der Waals surface area contributed by atoms with Gasteiger partial charge in [0.1, 0.15) is 22.6 Å². The summed E-state index contributed by atoms with van der Waals surface area (Å²) in [6, 6.07) is 17.1. The largest absolute Gasteiger partial charge is 0.324 e. The summed E-state index contributed by atoms with van der Waals surface area (Å²) >= 11 is 0. The highest BCUT2D eigenvalue weighted by molar-refractivity contribution is 6.08. The van der Waals surface area contributed by atoms with Crippen LogP contribution < -0.4 is 0 Å². The van der Waals surface area contributed by atoms with E-state index in [1.165, 1.54) is 0 Å². The first-order chi connectivity index (χ1) is 47.3. The van der Waals surface area contributed by atoms with Gasteiger partial charge in [0, 0.05) is 140 Å². The molecule has 3 aromatic heterocycles. The highest BCUT2D eigenvalue weighted by Crippen LogP contribution is 2.40. The van der Waals surface area contributed by atoms with Gasteiger partial charge in [-0.3, -0.25) is 0 Å². The zero-order valence-electron chi connectivity index (χ0n) is 58.9. The Bertz CT molecular complexity index is 4030. The van der Waals surface area contributed by atoms with Gasteiger partial charge in [0.25, 0.3) is 0 Å². The van der Waals surface area contributed by atoms with Gasteiger partial charge in [-0.2, -0.15) is 0 Å². The quantitative estimate of drug-likeness (QED) is 0.0461. The molecule has 7 aromatic rings. The molecule has 0 radical (unpaired) electrons. The molecule has 0 unspecified atom stereocenters. The van der Waals surface area contributed by atoms with Crippen molar-refractivity contribution in [1.82, 2.24) is 39.9 Å². The van der Waals surface area contributed by atoms with Crippen molar-refractivity contribution in [1.29, 1.82) is 0 Å². The predicted molar refractivity (Wildman–Crippen MR) is 404 cm³/mol. The Morgan fingerprint density at radius 2 is 0.385 bits per heavy atom. The molecule has 8 heteroatoms. The maximum atomic E-state index is 5.61. The monoisotopic (exact) mass is 1270 g/mol. The van der Waals surface area contributed by atoms with Crippen LogP contribution in [0, 0.1) is 94.7 Å². The van der Waals surface area contributed by atoms with Crippen molar-refractivity contribution < 1.29 is 0 Å². The smallest absolute Gasteiger partial charge is 0.164 e. The van der Waals surface area contributed by atoms with Gasteiger partial charge in [0.2, 0.25) is 0 Å². The number of rotatable bonds is 24. The highest BCUT2D eigenvalue weighted by atomic mass is 15.1. The molecule has 4 aromatic carbocycles. The summed E-state index contributed by atoms with van der Waals surface area (Å²) in [5, 5.41) is 3.33. The van der Waals surface area contributed by atoms with Gasteiger partial charge in [0.05, 0.1) is 0 Å². The van der Waals surface area contributed by atoms with E-state index in [9.17, 15) is 0 Å². The second-order valence-corrected chi connectivity index (χ2v) is 25.5. The summed E-state index contributed by atoms with van der Waals surface area (Å²) < 4.78 is 0. The third-order valence-corrected chi connectivity index (χ3v) is 17.4.